The van der Waals surface area contributed by atoms with E-state index in [1.165, 1.54) is 48.6 Å². The number of aliphatic imine (C=N–C) groups is 1. The smallest absolute Gasteiger partial charge is 0.160 e. The second kappa shape index (κ2) is 8.09. The van der Waals surface area contributed by atoms with Crippen LogP contribution in [0.15, 0.2) is 35.3 Å². The van der Waals surface area contributed by atoms with E-state index in [9.17, 15) is 0 Å². The average molecular weight is 325 g/mol. The lowest BCUT2D eigenvalue weighted by Crippen LogP contribution is -2.32. The Morgan fingerprint density at radius 3 is 2.76 bits per heavy atom. The van der Waals surface area contributed by atoms with E-state index >= 15 is 0 Å². The molecule has 2 atom stereocenters. The summed E-state index contributed by atoms with van der Waals surface area (Å²) in [6, 6.07) is 11.8. The van der Waals surface area contributed by atoms with Gasteiger partial charge in [-0.1, -0.05) is 74.7 Å². The maximum atomic E-state index is 4.92. The lowest BCUT2D eigenvalue weighted by Gasteiger charge is -2.23. The van der Waals surface area contributed by atoms with Crippen LogP contribution in [0.25, 0.3) is 0 Å². The van der Waals surface area contributed by atoms with Crippen LogP contribution in [-0.4, -0.2) is 28.4 Å². The summed E-state index contributed by atoms with van der Waals surface area (Å²) in [5.41, 5.74) is 1.36. The molecule has 4 heteroatoms. The molecular formula is C17H25ClN2S. The maximum Gasteiger partial charge on any atom is 0.160 e. The monoisotopic (exact) mass is 324 g/mol. The molecule has 1 aromatic carbocycles. The van der Waals surface area contributed by atoms with E-state index in [0.717, 1.165) is 12.6 Å². The Morgan fingerprint density at radius 2 is 2.00 bits per heavy atom. The van der Waals surface area contributed by atoms with Gasteiger partial charge in [-0.25, -0.2) is 0 Å². The molecule has 0 aromatic heterocycles. The Bertz CT molecular complexity index is 463. The van der Waals surface area contributed by atoms with Crippen LogP contribution >= 0.6 is 24.2 Å². The van der Waals surface area contributed by atoms with Gasteiger partial charge in [-0.3, -0.25) is 4.99 Å². The Morgan fingerprint density at radius 1 is 1.19 bits per heavy atom. The van der Waals surface area contributed by atoms with E-state index in [1.807, 2.05) is 11.8 Å². The van der Waals surface area contributed by atoms with Crippen LogP contribution < -0.4 is 0 Å². The summed E-state index contributed by atoms with van der Waals surface area (Å²) in [5.74, 6) is 1.24. The standard InChI is InChI=1S/C17H24N2S.ClH/c1-2-3-4-8-11-15-13-20-17-18-16(12-19(15)17)14-9-6-5-7-10-14;/h5-7,9-10,15-16H,2-4,8,11-13H2,1H3;1H. The van der Waals surface area contributed by atoms with Crippen LogP contribution in [0.1, 0.15) is 50.6 Å². The highest BCUT2D eigenvalue weighted by atomic mass is 35.5. The second-order valence-corrected chi connectivity index (χ2v) is 6.79. The average Bonchev–Trinajstić information content (AvgIpc) is 3.06. The molecule has 0 amide bonds. The largest absolute Gasteiger partial charge is 0.345 e. The van der Waals surface area contributed by atoms with Crippen LogP contribution in [0.2, 0.25) is 0 Å². The third-order valence-corrected chi connectivity index (χ3v) is 5.45. The van der Waals surface area contributed by atoms with Gasteiger partial charge < -0.3 is 4.90 Å². The van der Waals surface area contributed by atoms with Gasteiger partial charge in [-0.2, -0.15) is 0 Å². The predicted molar refractivity (Wildman–Crippen MR) is 95.6 cm³/mol. The van der Waals surface area contributed by atoms with Gasteiger partial charge in [-0.15, -0.1) is 12.4 Å². The summed E-state index contributed by atoms with van der Waals surface area (Å²) in [5, 5.41) is 1.29. The topological polar surface area (TPSA) is 15.6 Å². The van der Waals surface area contributed by atoms with Crippen molar-refractivity contribution in [1.29, 1.82) is 0 Å². The minimum atomic E-state index is 0. The van der Waals surface area contributed by atoms with Gasteiger partial charge in [0.15, 0.2) is 5.17 Å². The van der Waals surface area contributed by atoms with Crippen LogP contribution in [0, 0.1) is 0 Å². The van der Waals surface area contributed by atoms with Gasteiger partial charge in [-0.05, 0) is 12.0 Å². The normalized spacial score (nSPS) is 23.7. The number of hydrogen-bond donors (Lipinski definition) is 0. The van der Waals surface area contributed by atoms with E-state index < -0.39 is 0 Å². The van der Waals surface area contributed by atoms with Crippen LogP contribution in [0.3, 0.4) is 0 Å². The van der Waals surface area contributed by atoms with Crippen molar-refractivity contribution in [3.63, 3.8) is 0 Å². The molecule has 0 bridgehead atoms. The molecule has 1 saturated heterocycles. The molecule has 0 N–H and O–H groups in total. The molecule has 2 nitrogen and oxygen atoms in total. The fraction of sp³-hybridized carbons (Fsp3) is 0.588. The molecule has 2 aliphatic heterocycles. The highest BCUT2D eigenvalue weighted by molar-refractivity contribution is 8.14. The fourth-order valence-electron chi connectivity index (χ4n) is 3.10. The number of rotatable bonds is 6. The summed E-state index contributed by atoms with van der Waals surface area (Å²) in [7, 11) is 0. The molecule has 1 aromatic rings. The van der Waals surface area contributed by atoms with Crippen molar-refractivity contribution in [2.45, 2.75) is 51.1 Å². The van der Waals surface area contributed by atoms with E-state index in [2.05, 4.69) is 42.2 Å². The van der Waals surface area contributed by atoms with Gasteiger partial charge in [0.1, 0.15) is 0 Å². The summed E-state index contributed by atoms with van der Waals surface area (Å²) in [6.45, 7) is 3.37. The molecule has 0 aliphatic carbocycles. The van der Waals surface area contributed by atoms with Gasteiger partial charge in [0, 0.05) is 18.3 Å². The second-order valence-electron chi connectivity index (χ2n) is 5.80. The lowest BCUT2D eigenvalue weighted by molar-refractivity contribution is 0.331. The number of amidine groups is 1. The van der Waals surface area contributed by atoms with Crippen LogP contribution in [0.5, 0.6) is 0 Å². The maximum absolute atomic E-state index is 4.92. The molecule has 1 fully saturated rings. The number of thioether (sulfide) groups is 1. The molecule has 21 heavy (non-hydrogen) atoms. The molecule has 2 unspecified atom stereocenters. The molecule has 116 valence electrons. The van der Waals surface area contributed by atoms with E-state index in [4.69, 9.17) is 4.99 Å². The number of benzene rings is 1. The Labute approximate surface area is 138 Å². The number of fused-ring (bicyclic) bond motifs is 1. The summed E-state index contributed by atoms with van der Waals surface area (Å²) >= 11 is 1.96. The zero-order valence-corrected chi connectivity index (χ0v) is 14.3. The molecular weight excluding hydrogens is 300 g/mol. The fourth-order valence-corrected chi connectivity index (χ4v) is 4.38. The quantitative estimate of drug-likeness (QED) is 0.691. The number of halogens is 1. The van der Waals surface area contributed by atoms with Gasteiger partial charge in [0.2, 0.25) is 0 Å². The predicted octanol–water partition coefficient (Wildman–Crippen LogP) is 4.91. The third-order valence-electron chi connectivity index (χ3n) is 4.30. The Kier molecular flexibility index (Phi) is 6.43. The van der Waals surface area contributed by atoms with E-state index in [-0.39, 0.29) is 12.4 Å². The minimum absolute atomic E-state index is 0. The molecule has 0 spiro atoms. The van der Waals surface area contributed by atoms with Crippen molar-refractivity contribution in [2.24, 2.45) is 4.99 Å². The lowest BCUT2D eigenvalue weighted by atomic mass is 10.1. The first kappa shape index (κ1) is 16.7. The van der Waals surface area contributed by atoms with Crippen molar-refractivity contribution >= 4 is 29.3 Å². The molecule has 2 heterocycles. The summed E-state index contributed by atoms with van der Waals surface area (Å²) in [6.07, 6.45) is 6.81. The zero-order chi connectivity index (χ0) is 13.8. The summed E-state index contributed by atoms with van der Waals surface area (Å²) in [4.78, 5) is 7.48. The van der Waals surface area contributed by atoms with E-state index in [1.54, 1.807) is 0 Å². The highest BCUT2D eigenvalue weighted by Crippen LogP contribution is 2.36. The van der Waals surface area contributed by atoms with Crippen molar-refractivity contribution < 1.29 is 0 Å². The van der Waals surface area contributed by atoms with Crippen molar-refractivity contribution in [2.75, 3.05) is 12.3 Å². The zero-order valence-electron chi connectivity index (χ0n) is 12.7. The first-order valence-electron chi connectivity index (χ1n) is 7.90. The first-order valence-corrected chi connectivity index (χ1v) is 8.89. The Hall–Kier alpha value is -0.670. The van der Waals surface area contributed by atoms with Gasteiger partial charge in [0.05, 0.1) is 6.04 Å². The van der Waals surface area contributed by atoms with Gasteiger partial charge in [0.25, 0.3) is 0 Å². The van der Waals surface area contributed by atoms with E-state index in [0.29, 0.717) is 6.04 Å². The SMILES string of the molecule is CCCCCCC1CSC2=NC(c3ccccc3)CN21.Cl. The highest BCUT2D eigenvalue weighted by Gasteiger charge is 2.36. The number of nitrogens with zero attached hydrogens (tertiary/aromatic N) is 2. The number of hydrogen-bond acceptors (Lipinski definition) is 3. The molecule has 0 radical (unpaired) electrons. The first-order chi connectivity index (χ1) is 9.88. The minimum Gasteiger partial charge on any atom is -0.345 e. The number of unbranched alkanes of at least 4 members (excludes halogenated alkanes) is 3. The van der Waals surface area contributed by atoms with Crippen molar-refractivity contribution in [3.8, 4) is 0 Å². The molecule has 3 rings (SSSR count). The van der Waals surface area contributed by atoms with Crippen molar-refractivity contribution in [3.05, 3.63) is 35.9 Å². The van der Waals surface area contributed by atoms with Crippen molar-refractivity contribution in [1.82, 2.24) is 4.90 Å². The van der Waals surface area contributed by atoms with Crippen LogP contribution in [0.4, 0.5) is 0 Å². The Balaban J connectivity index is 0.00000161. The van der Waals surface area contributed by atoms with Crippen LogP contribution in [-0.2, 0) is 0 Å². The third kappa shape index (κ3) is 3.95. The summed E-state index contributed by atoms with van der Waals surface area (Å²) < 4.78 is 0. The van der Waals surface area contributed by atoms with Gasteiger partial charge >= 0.3 is 0 Å². The molecule has 0 saturated carbocycles. The molecule has 2 aliphatic rings.